The molecule has 0 heterocycles. The van der Waals surface area contributed by atoms with Gasteiger partial charge in [0.05, 0.1) is 5.71 Å². The number of hydrogen-bond acceptors (Lipinski definition) is 1. The second kappa shape index (κ2) is 8.33. The van der Waals surface area contributed by atoms with Crippen molar-refractivity contribution in [3.63, 3.8) is 0 Å². The van der Waals surface area contributed by atoms with Crippen LogP contribution < -0.4 is 0 Å². The molecule has 0 fully saturated rings. The first kappa shape index (κ1) is 19.9. The van der Waals surface area contributed by atoms with Gasteiger partial charge in [0, 0.05) is 11.1 Å². The first-order valence-electron chi connectivity index (χ1n) is 8.77. The molecule has 2 heteroatoms. The molecule has 0 atom stereocenters. The second-order valence-electron chi connectivity index (χ2n) is 6.83. The summed E-state index contributed by atoms with van der Waals surface area (Å²) in [5.74, 6) is 0. The summed E-state index contributed by atoms with van der Waals surface area (Å²) in [4.78, 5) is 0. The maximum atomic E-state index is 8.85. The highest BCUT2D eigenvalue weighted by Crippen LogP contribution is 2.24. The van der Waals surface area contributed by atoms with Crippen LogP contribution in [0, 0.1) is 33.1 Å². The van der Waals surface area contributed by atoms with E-state index < -0.39 is 0 Å². The number of halogens is 1. The van der Waals surface area contributed by atoms with Crippen LogP contribution >= 0.6 is 12.4 Å². The van der Waals surface area contributed by atoms with Crippen molar-refractivity contribution >= 4 is 18.1 Å². The summed E-state index contributed by atoms with van der Waals surface area (Å²) in [7, 11) is 0. The van der Waals surface area contributed by atoms with Gasteiger partial charge in [0.2, 0.25) is 0 Å². The SMILES string of the molecule is Cc1cccc(Cc2ccccc2C(=N)c2c(C)cccc2C)c1C.Cl. The summed E-state index contributed by atoms with van der Waals surface area (Å²) in [5.41, 5.74) is 10.2. The lowest BCUT2D eigenvalue weighted by atomic mass is 9.89. The van der Waals surface area contributed by atoms with E-state index >= 15 is 0 Å². The zero-order valence-electron chi connectivity index (χ0n) is 15.9. The van der Waals surface area contributed by atoms with Gasteiger partial charge >= 0.3 is 0 Å². The predicted octanol–water partition coefficient (Wildman–Crippen LogP) is 6.35. The van der Waals surface area contributed by atoms with Crippen LogP contribution in [0.4, 0.5) is 0 Å². The normalized spacial score (nSPS) is 10.3. The van der Waals surface area contributed by atoms with Crippen molar-refractivity contribution in [1.29, 1.82) is 5.41 Å². The Morgan fingerprint density at radius 3 is 1.92 bits per heavy atom. The van der Waals surface area contributed by atoms with Gasteiger partial charge in [-0.2, -0.15) is 0 Å². The van der Waals surface area contributed by atoms with E-state index in [0.717, 1.165) is 28.7 Å². The molecule has 0 aliphatic carbocycles. The lowest BCUT2D eigenvalue weighted by Crippen LogP contribution is -2.10. The van der Waals surface area contributed by atoms with E-state index in [-0.39, 0.29) is 12.4 Å². The van der Waals surface area contributed by atoms with Crippen molar-refractivity contribution in [3.8, 4) is 0 Å². The van der Waals surface area contributed by atoms with E-state index in [1.54, 1.807) is 0 Å². The minimum atomic E-state index is 0. The lowest BCUT2D eigenvalue weighted by Gasteiger charge is -2.16. The second-order valence-corrected chi connectivity index (χ2v) is 6.83. The standard InChI is InChI=1S/C24H25N.ClH/c1-16-9-8-13-20(19(16)4)15-21-12-5-6-14-22(21)24(25)23-17(2)10-7-11-18(23)3;/h5-14,25H,15H2,1-4H3;1H. The van der Waals surface area contributed by atoms with Crippen LogP contribution in [-0.4, -0.2) is 5.71 Å². The molecular weight excluding hydrogens is 338 g/mol. The molecule has 0 unspecified atom stereocenters. The number of hydrogen-bond donors (Lipinski definition) is 1. The highest BCUT2D eigenvalue weighted by Gasteiger charge is 2.14. The first-order valence-corrected chi connectivity index (χ1v) is 8.77. The van der Waals surface area contributed by atoms with Crippen molar-refractivity contribution in [2.75, 3.05) is 0 Å². The van der Waals surface area contributed by atoms with Gasteiger partial charge in [0.25, 0.3) is 0 Å². The molecule has 1 N–H and O–H groups in total. The summed E-state index contributed by atoms with van der Waals surface area (Å²) in [6, 6.07) is 21.0. The Bertz CT molecular complexity index is 920. The molecule has 3 aromatic rings. The third-order valence-electron chi connectivity index (χ3n) is 5.12. The summed E-state index contributed by atoms with van der Waals surface area (Å²) in [5, 5.41) is 8.85. The number of benzene rings is 3. The molecule has 0 aliphatic heterocycles. The molecule has 0 bridgehead atoms. The maximum Gasteiger partial charge on any atom is 0.0692 e. The Morgan fingerprint density at radius 2 is 1.23 bits per heavy atom. The smallest absolute Gasteiger partial charge is 0.0692 e. The fourth-order valence-electron chi connectivity index (χ4n) is 3.47. The van der Waals surface area contributed by atoms with Crippen LogP contribution in [0.5, 0.6) is 0 Å². The zero-order chi connectivity index (χ0) is 18.0. The van der Waals surface area contributed by atoms with Gasteiger partial charge in [-0.1, -0.05) is 60.7 Å². The van der Waals surface area contributed by atoms with Crippen LogP contribution in [-0.2, 0) is 6.42 Å². The summed E-state index contributed by atoms with van der Waals surface area (Å²) < 4.78 is 0. The average Bonchev–Trinajstić information content (AvgIpc) is 2.59. The summed E-state index contributed by atoms with van der Waals surface area (Å²) >= 11 is 0. The Balaban J connectivity index is 0.00000243. The van der Waals surface area contributed by atoms with Crippen molar-refractivity contribution < 1.29 is 0 Å². The van der Waals surface area contributed by atoms with Crippen LogP contribution in [0.3, 0.4) is 0 Å². The fourth-order valence-corrected chi connectivity index (χ4v) is 3.47. The minimum absolute atomic E-state index is 0. The highest BCUT2D eigenvalue weighted by molar-refractivity contribution is 6.13. The molecule has 0 radical (unpaired) electrons. The molecule has 0 saturated carbocycles. The van der Waals surface area contributed by atoms with E-state index in [0.29, 0.717) is 5.71 Å². The van der Waals surface area contributed by atoms with E-state index in [4.69, 9.17) is 5.41 Å². The van der Waals surface area contributed by atoms with E-state index in [1.165, 1.54) is 22.3 Å². The molecule has 0 spiro atoms. The minimum Gasteiger partial charge on any atom is -0.300 e. The van der Waals surface area contributed by atoms with Crippen LogP contribution in [0.25, 0.3) is 0 Å². The molecule has 134 valence electrons. The van der Waals surface area contributed by atoms with Gasteiger partial charge in [-0.15, -0.1) is 12.4 Å². The molecule has 0 aromatic heterocycles. The Morgan fingerprint density at radius 1 is 0.692 bits per heavy atom. The van der Waals surface area contributed by atoms with Gasteiger partial charge in [-0.3, -0.25) is 5.41 Å². The molecule has 0 amide bonds. The molecule has 3 aromatic carbocycles. The predicted molar refractivity (Wildman–Crippen MR) is 114 cm³/mol. The van der Waals surface area contributed by atoms with Crippen molar-refractivity contribution in [1.82, 2.24) is 0 Å². The van der Waals surface area contributed by atoms with Crippen LogP contribution in [0.2, 0.25) is 0 Å². The average molecular weight is 364 g/mol. The summed E-state index contributed by atoms with van der Waals surface area (Å²) in [6.07, 6.45) is 0.858. The number of aryl methyl sites for hydroxylation is 3. The molecule has 1 nitrogen and oxygen atoms in total. The Kier molecular flexibility index (Phi) is 6.39. The maximum absolute atomic E-state index is 8.85. The van der Waals surface area contributed by atoms with Gasteiger partial charge in [0.1, 0.15) is 0 Å². The highest BCUT2D eigenvalue weighted by atomic mass is 35.5. The van der Waals surface area contributed by atoms with Gasteiger partial charge in [-0.25, -0.2) is 0 Å². The number of rotatable bonds is 4. The van der Waals surface area contributed by atoms with Crippen molar-refractivity contribution in [2.24, 2.45) is 0 Å². The quantitative estimate of drug-likeness (QED) is 0.522. The largest absolute Gasteiger partial charge is 0.300 e. The zero-order valence-corrected chi connectivity index (χ0v) is 16.7. The molecular formula is C24H26ClN. The van der Waals surface area contributed by atoms with E-state index in [2.05, 4.69) is 82.3 Å². The van der Waals surface area contributed by atoms with Gasteiger partial charge in [0.15, 0.2) is 0 Å². The topological polar surface area (TPSA) is 23.9 Å². The Hall–Kier alpha value is -2.38. The van der Waals surface area contributed by atoms with E-state index in [1.807, 2.05) is 6.07 Å². The summed E-state index contributed by atoms with van der Waals surface area (Å²) in [6.45, 7) is 8.52. The van der Waals surface area contributed by atoms with Crippen molar-refractivity contribution in [2.45, 2.75) is 34.1 Å². The third kappa shape index (κ3) is 3.89. The molecule has 3 rings (SSSR count). The monoisotopic (exact) mass is 363 g/mol. The van der Waals surface area contributed by atoms with Gasteiger partial charge in [-0.05, 0) is 67.5 Å². The molecule has 0 aliphatic rings. The molecule has 26 heavy (non-hydrogen) atoms. The fraction of sp³-hybridized carbons (Fsp3) is 0.208. The first-order chi connectivity index (χ1) is 12.0. The lowest BCUT2D eigenvalue weighted by molar-refractivity contribution is 1.13. The van der Waals surface area contributed by atoms with Crippen molar-refractivity contribution in [3.05, 3.63) is 105 Å². The van der Waals surface area contributed by atoms with Crippen LogP contribution in [0.15, 0.2) is 60.7 Å². The number of nitrogens with one attached hydrogen (secondary N) is 1. The van der Waals surface area contributed by atoms with Gasteiger partial charge < -0.3 is 0 Å². The molecule has 0 saturated heterocycles. The Labute approximate surface area is 163 Å². The van der Waals surface area contributed by atoms with Crippen LogP contribution in [0.1, 0.15) is 44.5 Å². The third-order valence-corrected chi connectivity index (χ3v) is 5.12. The van der Waals surface area contributed by atoms with E-state index in [9.17, 15) is 0 Å².